The van der Waals surface area contributed by atoms with Gasteiger partial charge in [-0.1, -0.05) is 0 Å². The largest absolute Gasteiger partial charge is 0.510 e. The van der Waals surface area contributed by atoms with Crippen molar-refractivity contribution < 1.29 is 9.68 Å². The van der Waals surface area contributed by atoms with Gasteiger partial charge in [0, 0.05) is 0 Å². The molecule has 0 spiro atoms. The average molecular weight is 125 g/mol. The van der Waals surface area contributed by atoms with E-state index >= 15 is 0 Å². The van der Waals surface area contributed by atoms with Gasteiger partial charge in [-0.3, -0.25) is 0 Å². The fourth-order valence-corrected chi connectivity index (χ4v) is 0.361. The highest BCUT2D eigenvalue weighted by Crippen LogP contribution is 1.91. The van der Waals surface area contributed by atoms with Gasteiger partial charge >= 0.3 is 13.7 Å². The van der Waals surface area contributed by atoms with Gasteiger partial charge < -0.3 is 9.68 Å². The average Bonchev–Trinajstić information content (AvgIpc) is 1.91. The Kier molecular flexibility index (Phi) is 1.98. The molecule has 0 aliphatic carbocycles. The van der Waals surface area contributed by atoms with Crippen LogP contribution in [0.15, 0.2) is 12.7 Å². The molecule has 1 aromatic rings. The molecule has 1 heterocycles. The Morgan fingerprint density at radius 3 is 2.67 bits per heavy atom. The molecule has 5 nitrogen and oxygen atoms in total. The second kappa shape index (κ2) is 2.98. The van der Waals surface area contributed by atoms with Crippen LogP contribution in [0.2, 0.25) is 0 Å². The van der Waals surface area contributed by atoms with E-state index in [-0.39, 0.29) is 6.01 Å². The van der Waals surface area contributed by atoms with Crippen LogP contribution in [-0.4, -0.2) is 27.7 Å². The molecule has 1 rings (SSSR count). The maximum Gasteiger partial charge on any atom is 0.506 e. The summed E-state index contributed by atoms with van der Waals surface area (Å²) < 4.78 is 4.50. The first-order valence-corrected chi connectivity index (χ1v) is 2.29. The Balaban J connectivity index is 2.61. The Morgan fingerprint density at radius 1 is 1.44 bits per heavy atom. The smallest absolute Gasteiger partial charge is 0.506 e. The van der Waals surface area contributed by atoms with Crippen LogP contribution in [0.5, 0.6) is 6.01 Å². The standard InChI is InChI=1S/C3H4BN3O2/c8-4-9-3-6-1-5-2-7-3/h1-2,4,8H. The minimum atomic E-state index is -0.413. The highest BCUT2D eigenvalue weighted by atomic mass is 16.5. The molecule has 0 fully saturated rings. The maximum absolute atomic E-state index is 8.20. The number of aromatic nitrogens is 3. The van der Waals surface area contributed by atoms with Crippen molar-refractivity contribution in [3.05, 3.63) is 12.7 Å². The quantitative estimate of drug-likeness (QED) is 0.487. The van der Waals surface area contributed by atoms with E-state index in [1.54, 1.807) is 0 Å². The molecule has 1 aromatic heterocycles. The van der Waals surface area contributed by atoms with Gasteiger partial charge in [0.15, 0.2) is 0 Å². The molecule has 0 aliphatic rings. The van der Waals surface area contributed by atoms with E-state index in [1.165, 1.54) is 12.7 Å². The number of hydrogen-bond donors (Lipinski definition) is 1. The predicted molar refractivity (Wildman–Crippen MR) is 29.8 cm³/mol. The van der Waals surface area contributed by atoms with Crippen molar-refractivity contribution in [2.24, 2.45) is 0 Å². The summed E-state index contributed by atoms with van der Waals surface area (Å²) in [6, 6.07) is 0.132. The van der Waals surface area contributed by atoms with Crippen LogP contribution in [-0.2, 0) is 0 Å². The van der Waals surface area contributed by atoms with Crippen molar-refractivity contribution in [3.8, 4) is 6.01 Å². The van der Waals surface area contributed by atoms with Gasteiger partial charge in [0.25, 0.3) is 0 Å². The van der Waals surface area contributed by atoms with Gasteiger partial charge in [-0.05, 0) is 0 Å². The zero-order valence-corrected chi connectivity index (χ0v) is 4.56. The Labute approximate surface area is 52.1 Å². The van der Waals surface area contributed by atoms with Crippen molar-refractivity contribution in [2.45, 2.75) is 0 Å². The summed E-state index contributed by atoms with van der Waals surface area (Å²) in [5.41, 5.74) is 0. The van der Waals surface area contributed by atoms with Crippen LogP contribution in [0, 0.1) is 0 Å². The highest BCUT2D eigenvalue weighted by molar-refractivity contribution is 6.17. The summed E-state index contributed by atoms with van der Waals surface area (Å²) in [6.45, 7) is 0. The van der Waals surface area contributed by atoms with E-state index in [4.69, 9.17) is 5.02 Å². The molecule has 0 radical (unpaired) electrons. The molecule has 6 heteroatoms. The second-order valence-electron chi connectivity index (χ2n) is 1.19. The van der Waals surface area contributed by atoms with E-state index in [0.717, 1.165) is 0 Å². The third kappa shape index (κ3) is 1.65. The molecular formula is C3H4BN3O2. The molecule has 0 saturated carbocycles. The first-order valence-electron chi connectivity index (χ1n) is 2.29. The van der Waals surface area contributed by atoms with Gasteiger partial charge in [-0.2, -0.15) is 9.97 Å². The zero-order chi connectivity index (χ0) is 6.53. The summed E-state index contributed by atoms with van der Waals surface area (Å²) in [6.07, 6.45) is 2.58. The molecule has 0 bridgehead atoms. The lowest BCUT2D eigenvalue weighted by Crippen LogP contribution is -2.03. The molecule has 0 aliphatic heterocycles. The maximum atomic E-state index is 8.20. The lowest BCUT2D eigenvalue weighted by molar-refractivity contribution is 0.429. The van der Waals surface area contributed by atoms with E-state index in [2.05, 4.69) is 19.6 Å². The number of hydrogen-bond acceptors (Lipinski definition) is 5. The SMILES string of the molecule is OBOc1ncncn1. The molecule has 0 saturated heterocycles. The zero-order valence-electron chi connectivity index (χ0n) is 4.56. The van der Waals surface area contributed by atoms with E-state index < -0.39 is 7.69 Å². The lowest BCUT2D eigenvalue weighted by atomic mass is 10.4. The summed E-state index contributed by atoms with van der Waals surface area (Å²) in [7, 11) is -0.413. The Bertz CT molecular complexity index is 170. The summed E-state index contributed by atoms with van der Waals surface area (Å²) in [5, 5.41) is 8.20. The van der Waals surface area contributed by atoms with Crippen molar-refractivity contribution >= 4 is 7.69 Å². The number of nitrogens with zero attached hydrogens (tertiary/aromatic N) is 3. The van der Waals surface area contributed by atoms with Crippen molar-refractivity contribution in [2.75, 3.05) is 0 Å². The highest BCUT2D eigenvalue weighted by Gasteiger charge is 1.91. The molecule has 46 valence electrons. The van der Waals surface area contributed by atoms with Gasteiger partial charge in [0.2, 0.25) is 0 Å². The summed E-state index contributed by atoms with van der Waals surface area (Å²) in [4.78, 5) is 10.7. The first-order chi connectivity index (χ1) is 4.43. The third-order valence-corrected chi connectivity index (χ3v) is 0.663. The molecule has 9 heavy (non-hydrogen) atoms. The Hall–Kier alpha value is -1.17. The van der Waals surface area contributed by atoms with Gasteiger partial charge in [-0.15, -0.1) is 0 Å². The van der Waals surface area contributed by atoms with Crippen molar-refractivity contribution in [3.63, 3.8) is 0 Å². The van der Waals surface area contributed by atoms with Crippen LogP contribution in [0.1, 0.15) is 0 Å². The first kappa shape index (κ1) is 5.96. The van der Waals surface area contributed by atoms with Gasteiger partial charge in [0.1, 0.15) is 12.7 Å². The van der Waals surface area contributed by atoms with Crippen LogP contribution in [0.25, 0.3) is 0 Å². The molecule has 0 unspecified atom stereocenters. The van der Waals surface area contributed by atoms with E-state index in [9.17, 15) is 0 Å². The van der Waals surface area contributed by atoms with Crippen LogP contribution in [0.3, 0.4) is 0 Å². The van der Waals surface area contributed by atoms with Crippen LogP contribution < -0.4 is 4.65 Å². The monoisotopic (exact) mass is 125 g/mol. The van der Waals surface area contributed by atoms with Crippen LogP contribution >= 0.6 is 0 Å². The molecule has 0 atom stereocenters. The fourth-order valence-electron chi connectivity index (χ4n) is 0.361. The van der Waals surface area contributed by atoms with Crippen LogP contribution in [0.4, 0.5) is 0 Å². The van der Waals surface area contributed by atoms with Gasteiger partial charge in [-0.25, -0.2) is 4.98 Å². The second-order valence-corrected chi connectivity index (χ2v) is 1.19. The lowest BCUT2D eigenvalue weighted by Gasteiger charge is -1.94. The van der Waals surface area contributed by atoms with Crippen molar-refractivity contribution in [1.82, 2.24) is 15.0 Å². The fraction of sp³-hybridized carbons (Fsp3) is 0. The van der Waals surface area contributed by atoms with E-state index in [0.29, 0.717) is 0 Å². The Morgan fingerprint density at radius 2 is 2.11 bits per heavy atom. The number of rotatable bonds is 2. The summed E-state index contributed by atoms with van der Waals surface area (Å²) in [5.74, 6) is 0. The van der Waals surface area contributed by atoms with Gasteiger partial charge in [0.05, 0.1) is 0 Å². The third-order valence-electron chi connectivity index (χ3n) is 0.663. The van der Waals surface area contributed by atoms with Crippen molar-refractivity contribution in [1.29, 1.82) is 0 Å². The summed E-state index contributed by atoms with van der Waals surface area (Å²) >= 11 is 0. The minimum Gasteiger partial charge on any atom is -0.510 e. The molecule has 0 amide bonds. The molecule has 1 N–H and O–H groups in total. The normalized spacial score (nSPS) is 8.56. The molecular weight excluding hydrogens is 121 g/mol. The predicted octanol–water partition coefficient (Wildman–Crippen LogP) is -1.49. The topological polar surface area (TPSA) is 68.1 Å². The minimum absolute atomic E-state index is 0.132. The molecule has 0 aromatic carbocycles. The van der Waals surface area contributed by atoms with E-state index in [1.807, 2.05) is 0 Å².